The fraction of sp³-hybridized carbons (Fsp3) is 0.182. The number of benzene rings is 2. The van der Waals surface area contributed by atoms with Crippen LogP contribution in [0.2, 0.25) is 5.02 Å². The van der Waals surface area contributed by atoms with E-state index in [2.05, 4.69) is 21.4 Å². The Balaban J connectivity index is 1.75. The summed E-state index contributed by atoms with van der Waals surface area (Å²) in [7, 11) is 1.28. The summed E-state index contributed by atoms with van der Waals surface area (Å²) >= 11 is 6.72. The lowest BCUT2D eigenvalue weighted by atomic mass is 9.87. The third kappa shape index (κ3) is 5.46. The fourth-order valence-electron chi connectivity index (χ4n) is 3.10. The van der Waals surface area contributed by atoms with Crippen LogP contribution in [-0.2, 0) is 14.3 Å². The molecule has 0 saturated carbocycles. The molecule has 1 heterocycles. The molecule has 0 saturated heterocycles. The van der Waals surface area contributed by atoms with Crippen molar-refractivity contribution in [2.75, 3.05) is 18.2 Å². The van der Waals surface area contributed by atoms with Gasteiger partial charge < -0.3 is 15.4 Å². The minimum absolute atomic E-state index is 0.0603. The first kappa shape index (κ1) is 23.3. The molecule has 2 amide bonds. The van der Waals surface area contributed by atoms with Gasteiger partial charge in [0.25, 0.3) is 0 Å². The minimum Gasteiger partial charge on any atom is -0.465 e. The van der Waals surface area contributed by atoms with E-state index in [0.717, 1.165) is 17.8 Å². The van der Waals surface area contributed by atoms with Crippen molar-refractivity contribution in [2.24, 2.45) is 0 Å². The third-order valence-corrected chi connectivity index (χ3v) is 5.95. The van der Waals surface area contributed by atoms with Crippen molar-refractivity contribution in [3.05, 3.63) is 75.0 Å². The minimum atomic E-state index is -0.599. The van der Waals surface area contributed by atoms with Crippen LogP contribution in [0.4, 0.5) is 10.1 Å². The first-order valence-corrected chi connectivity index (χ1v) is 10.7. The molecule has 0 fully saturated rings. The molecule has 0 radical (unpaired) electrons. The summed E-state index contributed by atoms with van der Waals surface area (Å²) in [6.07, 6.45) is 0.0603. The van der Waals surface area contributed by atoms with E-state index in [1.165, 1.54) is 19.2 Å². The number of ether oxygens (including phenoxy) is 1. The molecular weight excluding hydrogens is 457 g/mol. The van der Waals surface area contributed by atoms with Gasteiger partial charge in [-0.25, -0.2) is 9.18 Å². The average molecular weight is 474 g/mol. The topological polar surface area (TPSA) is 108 Å². The third-order valence-electron chi connectivity index (χ3n) is 4.64. The SMILES string of the molecule is COC(=O)c1ccc([C@H]2CC(=O)NC(SCC(=O)Nc3ccc(F)c(Cl)c3)=C2C#N)cc1. The number of nitrogens with one attached hydrogen (secondary N) is 2. The van der Waals surface area contributed by atoms with Gasteiger partial charge in [-0.3, -0.25) is 9.59 Å². The standard InChI is InChI=1S/C22H17ClFN3O4S/c1-31-22(30)13-4-2-12(3-5-13)15-9-19(28)27-21(16(15)10-25)32-11-20(29)26-14-6-7-18(24)17(23)8-14/h2-8,15H,9,11H2,1H3,(H,26,29)(H,27,28)/t15-/m1/s1. The highest BCUT2D eigenvalue weighted by Crippen LogP contribution is 2.36. The number of amides is 2. The highest BCUT2D eigenvalue weighted by Gasteiger charge is 2.30. The van der Waals surface area contributed by atoms with Crippen LogP contribution in [0.3, 0.4) is 0 Å². The van der Waals surface area contributed by atoms with Gasteiger partial charge in [0.05, 0.1) is 40.1 Å². The number of thioether (sulfide) groups is 1. The van der Waals surface area contributed by atoms with E-state index in [4.69, 9.17) is 11.6 Å². The van der Waals surface area contributed by atoms with Crippen molar-refractivity contribution < 1.29 is 23.5 Å². The maximum atomic E-state index is 13.3. The second-order valence-electron chi connectivity index (χ2n) is 6.74. The predicted octanol–water partition coefficient (Wildman–Crippen LogP) is 3.98. The highest BCUT2D eigenvalue weighted by atomic mass is 35.5. The quantitative estimate of drug-likeness (QED) is 0.614. The van der Waals surface area contributed by atoms with Crippen LogP contribution in [0.5, 0.6) is 0 Å². The molecule has 2 N–H and O–H groups in total. The molecule has 0 unspecified atom stereocenters. The van der Waals surface area contributed by atoms with Crippen LogP contribution >= 0.6 is 23.4 Å². The smallest absolute Gasteiger partial charge is 0.337 e. The summed E-state index contributed by atoms with van der Waals surface area (Å²) in [6.45, 7) is 0. The zero-order chi connectivity index (χ0) is 23.3. The summed E-state index contributed by atoms with van der Waals surface area (Å²) in [6, 6.07) is 12.4. The first-order chi connectivity index (χ1) is 15.3. The predicted molar refractivity (Wildman–Crippen MR) is 118 cm³/mol. The highest BCUT2D eigenvalue weighted by molar-refractivity contribution is 8.03. The van der Waals surface area contributed by atoms with E-state index in [9.17, 15) is 24.0 Å². The average Bonchev–Trinajstić information content (AvgIpc) is 2.79. The lowest BCUT2D eigenvalue weighted by molar-refractivity contribution is -0.121. The van der Waals surface area contributed by atoms with Crippen LogP contribution in [-0.4, -0.2) is 30.6 Å². The van der Waals surface area contributed by atoms with Gasteiger partial charge in [-0.05, 0) is 35.9 Å². The molecular formula is C22H17ClFN3O4S. The lowest BCUT2D eigenvalue weighted by Gasteiger charge is -2.25. The van der Waals surface area contributed by atoms with E-state index in [1.54, 1.807) is 24.3 Å². The summed E-state index contributed by atoms with van der Waals surface area (Å²) < 4.78 is 17.9. The van der Waals surface area contributed by atoms with Crippen molar-refractivity contribution in [3.63, 3.8) is 0 Å². The first-order valence-electron chi connectivity index (χ1n) is 9.32. The number of allylic oxidation sites excluding steroid dienone is 1. The fourth-order valence-corrected chi connectivity index (χ4v) is 4.15. The zero-order valence-electron chi connectivity index (χ0n) is 16.8. The van der Waals surface area contributed by atoms with Crippen molar-refractivity contribution >= 4 is 46.8 Å². The second-order valence-corrected chi connectivity index (χ2v) is 8.13. The molecule has 7 nitrogen and oxygen atoms in total. The van der Waals surface area contributed by atoms with Crippen molar-refractivity contribution in [2.45, 2.75) is 12.3 Å². The molecule has 164 valence electrons. The summed E-state index contributed by atoms with van der Waals surface area (Å²) in [5.74, 6) is -2.40. The number of carbonyl (C=O) groups excluding carboxylic acids is 3. The zero-order valence-corrected chi connectivity index (χ0v) is 18.3. The number of halogens is 2. The molecule has 1 atom stereocenters. The van der Waals surface area contributed by atoms with Crippen molar-refractivity contribution in [1.29, 1.82) is 5.26 Å². The van der Waals surface area contributed by atoms with Gasteiger partial charge >= 0.3 is 5.97 Å². The Hall–Kier alpha value is -3.35. The Morgan fingerprint density at radius 1 is 1.31 bits per heavy atom. The molecule has 1 aliphatic rings. The van der Waals surface area contributed by atoms with E-state index < -0.39 is 23.6 Å². The van der Waals surface area contributed by atoms with Gasteiger partial charge in [0.2, 0.25) is 11.8 Å². The van der Waals surface area contributed by atoms with Gasteiger partial charge in [-0.1, -0.05) is 35.5 Å². The molecule has 0 bridgehead atoms. The largest absolute Gasteiger partial charge is 0.465 e. The van der Waals surface area contributed by atoms with Gasteiger partial charge in [0.1, 0.15) is 5.82 Å². The number of methoxy groups -OCH3 is 1. The van der Waals surface area contributed by atoms with E-state index >= 15 is 0 Å². The van der Waals surface area contributed by atoms with Crippen molar-refractivity contribution in [1.82, 2.24) is 5.32 Å². The second kappa shape index (κ2) is 10.3. The Morgan fingerprint density at radius 2 is 2.03 bits per heavy atom. The molecule has 3 rings (SSSR count). The Bertz CT molecular complexity index is 1140. The van der Waals surface area contributed by atoms with E-state index in [-0.39, 0.29) is 28.1 Å². The number of anilines is 1. The number of carbonyl (C=O) groups is 3. The van der Waals surface area contributed by atoms with Gasteiger partial charge in [0, 0.05) is 18.0 Å². The number of nitriles is 1. The molecule has 32 heavy (non-hydrogen) atoms. The van der Waals surface area contributed by atoms with Crippen LogP contribution in [0, 0.1) is 17.1 Å². The van der Waals surface area contributed by atoms with Crippen LogP contribution < -0.4 is 10.6 Å². The van der Waals surface area contributed by atoms with Gasteiger partial charge in [-0.15, -0.1) is 0 Å². The lowest BCUT2D eigenvalue weighted by Crippen LogP contribution is -2.31. The molecule has 0 aromatic heterocycles. The van der Waals surface area contributed by atoms with E-state index in [1.807, 2.05) is 0 Å². The van der Waals surface area contributed by atoms with Gasteiger partial charge in [0.15, 0.2) is 0 Å². The Labute approximate surface area is 192 Å². The summed E-state index contributed by atoms with van der Waals surface area (Å²) in [5, 5.41) is 15.1. The number of rotatable bonds is 6. The Kier molecular flexibility index (Phi) is 7.51. The molecule has 0 spiro atoms. The van der Waals surface area contributed by atoms with Gasteiger partial charge in [-0.2, -0.15) is 5.26 Å². The van der Waals surface area contributed by atoms with Crippen molar-refractivity contribution in [3.8, 4) is 6.07 Å². The maximum absolute atomic E-state index is 13.3. The number of esters is 1. The normalized spacial score (nSPS) is 15.6. The van der Waals surface area contributed by atoms with Crippen LogP contribution in [0.1, 0.15) is 28.3 Å². The van der Waals surface area contributed by atoms with Crippen LogP contribution in [0.15, 0.2) is 53.1 Å². The molecule has 10 heteroatoms. The number of hydrogen-bond acceptors (Lipinski definition) is 6. The maximum Gasteiger partial charge on any atom is 0.337 e. The molecule has 1 aliphatic heterocycles. The molecule has 2 aromatic rings. The molecule has 0 aliphatic carbocycles. The van der Waals surface area contributed by atoms with Crippen LogP contribution in [0.25, 0.3) is 0 Å². The monoisotopic (exact) mass is 473 g/mol. The van der Waals surface area contributed by atoms with E-state index in [0.29, 0.717) is 22.4 Å². The number of nitrogens with zero attached hydrogens (tertiary/aromatic N) is 1. The molecule has 2 aromatic carbocycles. The Morgan fingerprint density at radius 3 is 2.66 bits per heavy atom. The number of hydrogen-bond donors (Lipinski definition) is 2. The summed E-state index contributed by atoms with van der Waals surface area (Å²) in [4.78, 5) is 36.2. The summed E-state index contributed by atoms with van der Waals surface area (Å²) in [5.41, 5.74) is 1.68.